The molecule has 4 aromatic rings. The van der Waals surface area contributed by atoms with E-state index in [0.29, 0.717) is 17.2 Å². The summed E-state index contributed by atoms with van der Waals surface area (Å²) in [5.74, 6) is -1.94. The molecule has 0 fully saturated rings. The van der Waals surface area contributed by atoms with Crippen molar-refractivity contribution in [2.45, 2.75) is 11.8 Å². The fraction of sp³-hybridized carbons (Fsp3) is 0.0606. The molecule has 290 valence electrons. The first-order chi connectivity index (χ1) is 26.1. The number of nitrogens with one attached hydrogen (secondary N) is 1. The number of hydrazone groups is 2. The number of anilines is 1. The van der Waals surface area contributed by atoms with E-state index in [1.807, 2.05) is 0 Å². The number of benzene rings is 4. The van der Waals surface area contributed by atoms with E-state index in [1.165, 1.54) is 54.5 Å². The van der Waals surface area contributed by atoms with E-state index in [1.54, 1.807) is 13.0 Å². The summed E-state index contributed by atoms with van der Waals surface area (Å²) in [5.41, 5.74) is -0.842. The molecule has 0 unspecified atom stereocenters. The summed E-state index contributed by atoms with van der Waals surface area (Å²) in [6.45, 7) is 1.57. The quantitative estimate of drug-likeness (QED) is 0.0385. The Morgan fingerprint density at radius 2 is 1.34 bits per heavy atom. The lowest BCUT2D eigenvalue weighted by Gasteiger charge is -2.20. The number of aliphatic hydroxyl groups is 1. The van der Waals surface area contributed by atoms with Gasteiger partial charge in [0.05, 0.1) is 16.2 Å². The van der Waals surface area contributed by atoms with Crippen LogP contribution in [0.1, 0.15) is 18.1 Å². The fourth-order valence-electron chi connectivity index (χ4n) is 5.57. The number of phenols is 3. The monoisotopic (exact) mass is 826 g/mol. The van der Waals surface area contributed by atoms with Gasteiger partial charge >= 0.3 is 5.90 Å². The van der Waals surface area contributed by atoms with Gasteiger partial charge in [-0.3, -0.25) is 28.6 Å². The number of nitrogens with zero attached hydrogens (tertiary/aromatic N) is 6. The molecule has 20 nitrogen and oxygen atoms in total. The molecular weight excluding hydrogens is 799 g/mol. The molecule has 0 radical (unpaired) electrons. The lowest BCUT2D eigenvalue weighted by atomic mass is 9.93. The molecular formula is C33H28N7O13S3+. The summed E-state index contributed by atoms with van der Waals surface area (Å²) >= 11 is 0. The summed E-state index contributed by atoms with van der Waals surface area (Å²) in [5, 5.41) is 69.3. The second-order valence-electron chi connectivity index (χ2n) is 11.9. The van der Waals surface area contributed by atoms with Crippen LogP contribution in [0.4, 0.5) is 22.7 Å². The lowest BCUT2D eigenvalue weighted by Crippen LogP contribution is -2.27. The number of hydrogen-bond donors (Lipinski definition) is 9. The molecule has 0 saturated carbocycles. The lowest BCUT2D eigenvalue weighted by molar-refractivity contribution is -0.449. The normalized spacial score (nSPS) is 15.7. The Balaban J connectivity index is 1.24. The van der Waals surface area contributed by atoms with Gasteiger partial charge in [0, 0.05) is 29.8 Å². The van der Waals surface area contributed by atoms with Gasteiger partial charge in [-0.2, -0.15) is 21.9 Å². The van der Waals surface area contributed by atoms with E-state index in [2.05, 4.69) is 20.4 Å². The van der Waals surface area contributed by atoms with Gasteiger partial charge in [-0.1, -0.05) is 18.2 Å². The summed E-state index contributed by atoms with van der Waals surface area (Å²) in [6, 6.07) is 15.7. The minimum atomic E-state index is -5.07. The predicted octanol–water partition coefficient (Wildman–Crippen LogP) is 4.63. The Kier molecular flexibility index (Phi) is 9.88. The number of rotatable bonds is 8. The minimum absolute atomic E-state index is 0.0371. The van der Waals surface area contributed by atoms with Gasteiger partial charge in [0.15, 0.2) is 5.75 Å². The Hall–Kier alpha value is -6.34. The van der Waals surface area contributed by atoms with E-state index in [-0.39, 0.29) is 44.8 Å². The van der Waals surface area contributed by atoms with Crippen LogP contribution in [-0.2, 0) is 30.3 Å². The molecule has 1 aliphatic carbocycles. The summed E-state index contributed by atoms with van der Waals surface area (Å²) < 4.78 is 97.9. The largest absolute Gasteiger partial charge is 0.506 e. The molecule has 0 amide bonds. The molecule has 2 aliphatic rings. The Bertz CT molecular complexity index is 2900. The summed E-state index contributed by atoms with van der Waals surface area (Å²) in [7, 11) is -12.9. The van der Waals surface area contributed by atoms with Crippen molar-refractivity contribution in [3.05, 3.63) is 90.0 Å². The highest BCUT2D eigenvalue weighted by atomic mass is 32.2. The highest BCUT2D eigenvalue weighted by molar-refractivity contribution is 7.96. The van der Waals surface area contributed by atoms with Crippen LogP contribution < -0.4 is 5.01 Å². The van der Waals surface area contributed by atoms with E-state index in [4.69, 9.17) is 5.41 Å². The maximum atomic E-state index is 12.0. The van der Waals surface area contributed by atoms with E-state index >= 15 is 0 Å². The first kappa shape index (κ1) is 39.4. The zero-order chi connectivity index (χ0) is 41.1. The van der Waals surface area contributed by atoms with Crippen molar-refractivity contribution >= 4 is 85.9 Å². The van der Waals surface area contributed by atoms with Gasteiger partial charge in [-0.15, -0.1) is 10.2 Å². The molecule has 0 bridgehead atoms. The summed E-state index contributed by atoms with van der Waals surface area (Å²) in [6.07, 6.45) is 0.440. The zero-order valence-corrected chi connectivity index (χ0v) is 31.0. The number of phenolic OH excluding ortho intramolecular Hbond substituents is 3. The molecule has 9 N–H and O–H groups in total. The Labute approximate surface area is 317 Å². The molecule has 1 aliphatic heterocycles. The second-order valence-corrected chi connectivity index (χ2v) is 16.2. The van der Waals surface area contributed by atoms with Gasteiger partial charge in [-0.05, 0) is 71.3 Å². The summed E-state index contributed by atoms with van der Waals surface area (Å²) in [4.78, 5) is -2.40. The number of aromatic hydroxyl groups is 3. The van der Waals surface area contributed by atoms with Crippen LogP contribution in [0.3, 0.4) is 0 Å². The maximum absolute atomic E-state index is 12.0. The van der Waals surface area contributed by atoms with Crippen molar-refractivity contribution in [1.29, 1.82) is 5.41 Å². The van der Waals surface area contributed by atoms with Crippen molar-refractivity contribution in [2.75, 3.05) is 12.1 Å². The maximum Gasteiger partial charge on any atom is 0.427 e. The molecule has 0 saturated heterocycles. The average Bonchev–Trinajstić information content (AvgIpc) is 3.38. The van der Waals surface area contributed by atoms with E-state index in [9.17, 15) is 59.7 Å². The number of azo groups is 1. The van der Waals surface area contributed by atoms with Gasteiger partial charge in [-0.25, -0.2) is 4.21 Å². The second kappa shape index (κ2) is 14.1. The third-order valence-corrected chi connectivity index (χ3v) is 10.9. The van der Waals surface area contributed by atoms with Crippen LogP contribution in [0.15, 0.2) is 104 Å². The first-order valence-electron chi connectivity index (χ1n) is 15.5. The van der Waals surface area contributed by atoms with Crippen LogP contribution in [0.2, 0.25) is 0 Å². The van der Waals surface area contributed by atoms with Crippen molar-refractivity contribution in [3.8, 4) is 28.4 Å². The standard InChI is InChI=1S/C33H27N7O13S3/c1-16-31(33(44)40(37-16)19-5-7-20(8-6-19)54(45,46)47)38-39(2)24-12-4-18(14-26(24)42)17-3-10-22(25(41)13-17)35-36-23-11-9-21-27(55(48,49)50)15-28(56(51,52)53)30(34)29(21)32(23)43/h3-15H,1-2H3,(H8,34,35,36,37,38,41,42,43,44,45,46,47,48,49,50,51,52,53)/p+1. The van der Waals surface area contributed by atoms with Crippen molar-refractivity contribution in [2.24, 2.45) is 20.4 Å². The molecule has 4 aromatic carbocycles. The van der Waals surface area contributed by atoms with Gasteiger partial charge in [0.1, 0.15) is 44.0 Å². The van der Waals surface area contributed by atoms with E-state index < -0.39 is 74.3 Å². The molecule has 1 heterocycles. The van der Waals surface area contributed by atoms with Crippen LogP contribution in [0, 0.1) is 5.41 Å². The molecule has 0 spiro atoms. The SMILES string of the molecule is CC1=N[N+](c2ccc(S(=O)(=O)O)cc2)=C(O)/C1=N\N(C)c1ccc(-c2ccc(N=Nc3ccc4c(c3O)C(=N)C(=S(=O)(O)O)C=C4S(=O)(=O)O)c(O)c2)cc1O. The number of hydrogen-bond acceptors (Lipinski definition) is 14. The van der Waals surface area contributed by atoms with Gasteiger partial charge < -0.3 is 20.4 Å². The molecule has 0 aromatic heterocycles. The molecule has 6 rings (SSSR count). The number of fused-ring (bicyclic) bond motifs is 1. The average molecular weight is 827 g/mol. The third kappa shape index (κ3) is 7.50. The fourth-order valence-corrected chi connectivity index (χ4v) is 7.48. The van der Waals surface area contributed by atoms with E-state index in [0.717, 1.165) is 28.9 Å². The zero-order valence-electron chi connectivity index (χ0n) is 28.5. The molecule has 23 heteroatoms. The van der Waals surface area contributed by atoms with Gasteiger partial charge in [0.25, 0.3) is 20.2 Å². The smallest absolute Gasteiger partial charge is 0.427 e. The number of aliphatic hydroxyl groups excluding tert-OH is 1. The van der Waals surface area contributed by atoms with Crippen molar-refractivity contribution < 1.29 is 64.4 Å². The number of allylic oxidation sites excluding steroid dienone is 1. The highest BCUT2D eigenvalue weighted by Gasteiger charge is 2.35. The minimum Gasteiger partial charge on any atom is -0.506 e. The first-order valence-corrected chi connectivity index (χ1v) is 19.8. The van der Waals surface area contributed by atoms with Crippen LogP contribution in [0.5, 0.6) is 17.2 Å². The third-order valence-electron chi connectivity index (χ3n) is 8.28. The topological polar surface area (TPSA) is 327 Å². The van der Waals surface area contributed by atoms with Crippen LogP contribution in [-0.4, -0.2) is 99.3 Å². The van der Waals surface area contributed by atoms with Crippen LogP contribution in [0.25, 0.3) is 16.0 Å². The predicted molar refractivity (Wildman–Crippen MR) is 205 cm³/mol. The van der Waals surface area contributed by atoms with Crippen molar-refractivity contribution in [1.82, 2.24) is 0 Å². The van der Waals surface area contributed by atoms with Crippen molar-refractivity contribution in [3.63, 3.8) is 0 Å². The highest BCUT2D eigenvalue weighted by Crippen LogP contribution is 2.42. The molecule has 0 atom stereocenters. The van der Waals surface area contributed by atoms with Gasteiger partial charge in [0.2, 0.25) is 21.5 Å². The molecule has 56 heavy (non-hydrogen) atoms. The Morgan fingerprint density at radius 3 is 1.91 bits per heavy atom. The Morgan fingerprint density at radius 1 is 0.750 bits per heavy atom. The van der Waals surface area contributed by atoms with Crippen LogP contribution >= 0.6 is 0 Å².